The van der Waals surface area contributed by atoms with E-state index in [2.05, 4.69) is 41.5 Å². The highest BCUT2D eigenvalue weighted by atomic mass is 16.3. The van der Waals surface area contributed by atoms with Crippen LogP contribution in [0.25, 0.3) is 0 Å². The van der Waals surface area contributed by atoms with E-state index in [0.717, 1.165) is 38.6 Å². The molecule has 1 fully saturated rings. The van der Waals surface area contributed by atoms with Gasteiger partial charge in [0.2, 0.25) is 0 Å². The molecule has 1 aromatic rings. The summed E-state index contributed by atoms with van der Waals surface area (Å²) in [5.74, 6) is -0.258. The largest absolute Gasteiger partial charge is 0.375 e. The molecule has 1 saturated carbocycles. The van der Waals surface area contributed by atoms with Gasteiger partial charge in [0.1, 0.15) is 0 Å². The number of aliphatic hydroxyl groups is 1. The highest BCUT2D eigenvalue weighted by Gasteiger charge is 2.45. The van der Waals surface area contributed by atoms with Gasteiger partial charge in [0.25, 0.3) is 5.91 Å². The van der Waals surface area contributed by atoms with Gasteiger partial charge in [-0.15, -0.1) is 0 Å². The second kappa shape index (κ2) is 8.79. The van der Waals surface area contributed by atoms with Crippen LogP contribution < -0.4 is 5.32 Å². The molecule has 3 rings (SSSR count). The molecule has 1 heterocycles. The van der Waals surface area contributed by atoms with Gasteiger partial charge in [-0.1, -0.05) is 49.6 Å². The molecule has 1 aliphatic carbocycles. The maximum Gasteiger partial charge on any atom is 0.256 e. The number of carbonyl (C=O) groups excluding carboxylic acids is 1. The lowest BCUT2D eigenvalue weighted by Crippen LogP contribution is -2.50. The van der Waals surface area contributed by atoms with Gasteiger partial charge < -0.3 is 20.2 Å². The van der Waals surface area contributed by atoms with Crippen LogP contribution in [-0.4, -0.2) is 47.1 Å². The summed E-state index contributed by atoms with van der Waals surface area (Å²) in [6.45, 7) is 3.62. The molecule has 2 atom stereocenters. The predicted octanol–water partition coefficient (Wildman–Crippen LogP) is 3.03. The van der Waals surface area contributed by atoms with Crippen LogP contribution in [0.4, 0.5) is 0 Å². The highest BCUT2D eigenvalue weighted by molar-refractivity contribution is 5.86. The van der Waals surface area contributed by atoms with Crippen molar-refractivity contribution in [1.82, 2.24) is 15.1 Å². The van der Waals surface area contributed by atoms with Gasteiger partial charge in [0.05, 0.1) is 6.17 Å². The Hall–Kier alpha value is -2.01. The number of nitrogens with one attached hydrogen (secondary N) is 1. The predicted molar refractivity (Wildman–Crippen MR) is 108 cm³/mol. The van der Waals surface area contributed by atoms with Gasteiger partial charge in [-0.25, -0.2) is 0 Å². The minimum atomic E-state index is -1.43. The Kier molecular flexibility index (Phi) is 6.42. The molecule has 0 spiro atoms. The number of rotatable bonds is 7. The van der Waals surface area contributed by atoms with E-state index in [-0.39, 0.29) is 11.8 Å². The molecular weight excluding hydrogens is 338 g/mol. The summed E-state index contributed by atoms with van der Waals surface area (Å²) >= 11 is 0. The lowest BCUT2D eigenvalue weighted by molar-refractivity contribution is -0.149. The summed E-state index contributed by atoms with van der Waals surface area (Å²) in [6.07, 6.45) is 10.5. The fraction of sp³-hybridized carbons (Fsp3) is 0.591. The van der Waals surface area contributed by atoms with Crippen LogP contribution in [0.1, 0.15) is 51.0 Å². The van der Waals surface area contributed by atoms with Crippen molar-refractivity contribution in [1.29, 1.82) is 0 Å². The van der Waals surface area contributed by atoms with Crippen LogP contribution in [0.15, 0.2) is 42.7 Å². The lowest BCUT2D eigenvalue weighted by atomic mass is 9.73. The molecule has 2 unspecified atom stereocenters. The van der Waals surface area contributed by atoms with Crippen LogP contribution in [-0.2, 0) is 10.4 Å². The first-order chi connectivity index (χ1) is 13.0. The molecule has 1 aromatic carbocycles. The fourth-order valence-corrected chi connectivity index (χ4v) is 4.30. The quantitative estimate of drug-likeness (QED) is 0.724. The summed E-state index contributed by atoms with van der Waals surface area (Å²) in [5, 5.41) is 14.5. The van der Waals surface area contributed by atoms with Crippen molar-refractivity contribution in [3.8, 4) is 0 Å². The molecule has 0 saturated heterocycles. The zero-order valence-electron chi connectivity index (χ0n) is 16.6. The standard InChI is InChI=1S/C22H33N3O2/c1-18-24(2)16-17-25(18)15-9-14-23-21(26)22(27,19-10-5-3-6-11-19)20-12-7-4-8-13-20/h3,5-6,10-11,16-18,20,27H,4,7-9,12-15H2,1-2H3,(H,23,26). The van der Waals surface area contributed by atoms with Crippen LogP contribution in [0.2, 0.25) is 0 Å². The number of carbonyl (C=O) groups is 1. The van der Waals surface area contributed by atoms with Gasteiger partial charge in [-0.2, -0.15) is 0 Å². The van der Waals surface area contributed by atoms with Gasteiger partial charge in [-0.05, 0) is 31.7 Å². The third kappa shape index (κ3) is 4.29. The van der Waals surface area contributed by atoms with Gasteiger partial charge >= 0.3 is 0 Å². The third-order valence-corrected chi connectivity index (χ3v) is 6.20. The number of benzene rings is 1. The van der Waals surface area contributed by atoms with E-state index in [1.54, 1.807) is 0 Å². The van der Waals surface area contributed by atoms with Crippen molar-refractivity contribution in [3.05, 3.63) is 48.3 Å². The third-order valence-electron chi connectivity index (χ3n) is 6.20. The molecule has 0 aromatic heterocycles. The van der Waals surface area contributed by atoms with E-state index in [1.165, 1.54) is 6.42 Å². The normalized spacial score (nSPS) is 22.7. The maximum absolute atomic E-state index is 13.1. The van der Waals surface area contributed by atoms with Crippen LogP contribution >= 0.6 is 0 Å². The zero-order chi connectivity index (χ0) is 19.3. The SMILES string of the molecule is CC1N(C)C=CN1CCCNC(=O)C(O)(c1ccccc1)C1CCCCC1. The van der Waals surface area contributed by atoms with E-state index in [4.69, 9.17) is 0 Å². The van der Waals surface area contributed by atoms with Crippen molar-refractivity contribution in [2.45, 2.75) is 57.2 Å². The summed E-state index contributed by atoms with van der Waals surface area (Å²) in [4.78, 5) is 17.5. The van der Waals surface area contributed by atoms with Crippen molar-refractivity contribution in [2.24, 2.45) is 5.92 Å². The summed E-state index contributed by atoms with van der Waals surface area (Å²) in [5.41, 5.74) is -0.713. The van der Waals surface area contributed by atoms with Crippen molar-refractivity contribution in [3.63, 3.8) is 0 Å². The Bertz CT molecular complexity index is 642. The second-order valence-electron chi connectivity index (χ2n) is 7.91. The minimum absolute atomic E-state index is 0.0103. The average molecular weight is 372 g/mol. The second-order valence-corrected chi connectivity index (χ2v) is 7.91. The van der Waals surface area contributed by atoms with E-state index < -0.39 is 5.60 Å². The molecule has 0 radical (unpaired) electrons. The minimum Gasteiger partial charge on any atom is -0.375 e. The molecule has 148 valence electrons. The molecule has 27 heavy (non-hydrogen) atoms. The molecule has 2 N–H and O–H groups in total. The molecule has 1 amide bonds. The first kappa shape index (κ1) is 19.7. The van der Waals surface area contributed by atoms with Crippen molar-refractivity contribution < 1.29 is 9.90 Å². The van der Waals surface area contributed by atoms with Crippen LogP contribution in [0.5, 0.6) is 0 Å². The smallest absolute Gasteiger partial charge is 0.256 e. The molecule has 2 aliphatic rings. The van der Waals surface area contributed by atoms with Gasteiger partial charge in [0.15, 0.2) is 5.60 Å². The maximum atomic E-state index is 13.1. The zero-order valence-corrected chi connectivity index (χ0v) is 16.6. The van der Waals surface area contributed by atoms with E-state index in [0.29, 0.717) is 18.3 Å². The summed E-state index contributed by atoms with van der Waals surface area (Å²) < 4.78 is 0. The fourth-order valence-electron chi connectivity index (χ4n) is 4.30. The number of hydrogen-bond acceptors (Lipinski definition) is 4. The average Bonchev–Trinajstić information content (AvgIpc) is 3.03. The molecule has 5 nitrogen and oxygen atoms in total. The highest BCUT2D eigenvalue weighted by Crippen LogP contribution is 2.39. The Balaban J connectivity index is 1.60. The topological polar surface area (TPSA) is 55.8 Å². The Morgan fingerprint density at radius 2 is 1.89 bits per heavy atom. The van der Waals surface area contributed by atoms with E-state index in [9.17, 15) is 9.90 Å². The monoisotopic (exact) mass is 371 g/mol. The number of hydrogen-bond donors (Lipinski definition) is 2. The van der Waals surface area contributed by atoms with E-state index >= 15 is 0 Å². The van der Waals surface area contributed by atoms with Crippen LogP contribution in [0.3, 0.4) is 0 Å². The number of nitrogens with zero attached hydrogens (tertiary/aromatic N) is 2. The van der Waals surface area contributed by atoms with Crippen molar-refractivity contribution in [2.75, 3.05) is 20.1 Å². The summed E-state index contributed by atoms with van der Waals surface area (Å²) in [7, 11) is 2.06. The lowest BCUT2D eigenvalue weighted by Gasteiger charge is -2.37. The number of amides is 1. The Morgan fingerprint density at radius 1 is 1.19 bits per heavy atom. The van der Waals surface area contributed by atoms with Crippen molar-refractivity contribution >= 4 is 5.91 Å². The molecule has 5 heteroatoms. The molecule has 1 aliphatic heterocycles. The first-order valence-corrected chi connectivity index (χ1v) is 10.3. The van der Waals surface area contributed by atoms with Gasteiger partial charge in [0, 0.05) is 38.5 Å². The Morgan fingerprint density at radius 3 is 2.52 bits per heavy atom. The Labute approximate surface area is 163 Å². The first-order valence-electron chi connectivity index (χ1n) is 10.3. The van der Waals surface area contributed by atoms with Gasteiger partial charge in [-0.3, -0.25) is 4.79 Å². The molecular formula is C22H33N3O2. The van der Waals surface area contributed by atoms with E-state index in [1.807, 2.05) is 30.3 Å². The van der Waals surface area contributed by atoms with Crippen LogP contribution in [0, 0.1) is 5.92 Å². The summed E-state index contributed by atoms with van der Waals surface area (Å²) in [6, 6.07) is 9.47. The molecule has 0 bridgehead atoms.